The lowest BCUT2D eigenvalue weighted by Crippen LogP contribution is -2.29. The zero-order valence-electron chi connectivity index (χ0n) is 12.4. The first-order valence-corrected chi connectivity index (χ1v) is 7.12. The number of fused-ring (bicyclic) bond motifs is 1. The fraction of sp³-hybridized carbons (Fsp3) is 0.235. The van der Waals surface area contributed by atoms with Crippen LogP contribution in [0.2, 0.25) is 0 Å². The predicted octanol–water partition coefficient (Wildman–Crippen LogP) is 2.63. The van der Waals surface area contributed by atoms with E-state index in [-0.39, 0.29) is 6.04 Å². The Morgan fingerprint density at radius 2 is 1.86 bits per heavy atom. The smallest absolute Gasteiger partial charge is 0.0722 e. The molecule has 1 aromatic heterocycles. The van der Waals surface area contributed by atoms with E-state index >= 15 is 0 Å². The molecule has 0 saturated carbocycles. The van der Waals surface area contributed by atoms with Gasteiger partial charge in [0.05, 0.1) is 17.3 Å². The molecule has 3 rings (SSSR count). The van der Waals surface area contributed by atoms with Gasteiger partial charge in [-0.3, -0.25) is 16.0 Å². The van der Waals surface area contributed by atoms with Gasteiger partial charge in [0.25, 0.3) is 0 Å². The number of para-hydroxylation sites is 1. The number of nitrogens with two attached hydrogens (primary N) is 1. The molecule has 0 saturated heterocycles. The minimum atomic E-state index is 0.0592. The molecule has 0 aliphatic rings. The van der Waals surface area contributed by atoms with Gasteiger partial charge in [-0.1, -0.05) is 48.0 Å². The molecule has 1 heterocycles. The number of aryl methyl sites for hydroxylation is 2. The van der Waals surface area contributed by atoms with E-state index in [0.29, 0.717) is 0 Å². The van der Waals surface area contributed by atoms with Crippen molar-refractivity contribution in [2.45, 2.75) is 19.4 Å². The Bertz CT molecular complexity index is 743. The summed E-state index contributed by atoms with van der Waals surface area (Å²) < 4.78 is 1.92. The maximum atomic E-state index is 5.76. The fourth-order valence-electron chi connectivity index (χ4n) is 2.70. The summed E-state index contributed by atoms with van der Waals surface area (Å²) in [6.45, 7) is 2.08. The van der Waals surface area contributed by atoms with Crippen molar-refractivity contribution in [3.63, 3.8) is 0 Å². The molecule has 1 atom stereocenters. The van der Waals surface area contributed by atoms with E-state index in [2.05, 4.69) is 53.8 Å². The van der Waals surface area contributed by atoms with Crippen LogP contribution in [0.1, 0.15) is 22.9 Å². The van der Waals surface area contributed by atoms with Crippen LogP contribution in [0.4, 0.5) is 0 Å². The SMILES string of the molecule is Cc1ccc(C(Cc2nn(C)c3ccccc23)NN)cc1. The Morgan fingerprint density at radius 3 is 2.57 bits per heavy atom. The monoisotopic (exact) mass is 280 g/mol. The first-order valence-electron chi connectivity index (χ1n) is 7.12. The van der Waals surface area contributed by atoms with E-state index in [1.54, 1.807) is 0 Å². The van der Waals surface area contributed by atoms with Crippen LogP contribution >= 0.6 is 0 Å². The Kier molecular flexibility index (Phi) is 3.73. The molecule has 0 spiro atoms. The highest BCUT2D eigenvalue weighted by Crippen LogP contribution is 2.23. The normalized spacial score (nSPS) is 12.7. The summed E-state index contributed by atoms with van der Waals surface area (Å²) in [5, 5.41) is 5.83. The number of hydrogen-bond donors (Lipinski definition) is 2. The standard InChI is InChI=1S/C17H20N4/c1-12-7-9-13(10-8-12)15(19-18)11-16-14-5-3-4-6-17(14)21(2)20-16/h3-10,15,19H,11,18H2,1-2H3. The van der Waals surface area contributed by atoms with Gasteiger partial charge >= 0.3 is 0 Å². The highest BCUT2D eigenvalue weighted by molar-refractivity contribution is 5.81. The van der Waals surface area contributed by atoms with Crippen LogP contribution < -0.4 is 11.3 Å². The molecule has 0 radical (unpaired) electrons. The molecule has 0 aliphatic heterocycles. The fourth-order valence-corrected chi connectivity index (χ4v) is 2.70. The highest BCUT2D eigenvalue weighted by Gasteiger charge is 2.15. The van der Waals surface area contributed by atoms with Gasteiger partial charge in [-0.05, 0) is 18.6 Å². The third kappa shape index (κ3) is 2.68. The predicted molar refractivity (Wildman–Crippen MR) is 85.7 cm³/mol. The first-order chi connectivity index (χ1) is 10.2. The summed E-state index contributed by atoms with van der Waals surface area (Å²) in [5.41, 5.74) is 7.55. The zero-order valence-corrected chi connectivity index (χ0v) is 12.4. The Hall–Kier alpha value is -2.17. The van der Waals surface area contributed by atoms with E-state index < -0.39 is 0 Å². The minimum Gasteiger partial charge on any atom is -0.271 e. The van der Waals surface area contributed by atoms with Crippen LogP contribution in [0.3, 0.4) is 0 Å². The summed E-state index contributed by atoms with van der Waals surface area (Å²) >= 11 is 0. The molecule has 0 aliphatic carbocycles. The van der Waals surface area contributed by atoms with Crippen molar-refractivity contribution in [1.29, 1.82) is 0 Å². The topological polar surface area (TPSA) is 55.9 Å². The minimum absolute atomic E-state index is 0.0592. The number of aromatic nitrogens is 2. The lowest BCUT2D eigenvalue weighted by Gasteiger charge is -2.15. The van der Waals surface area contributed by atoms with Crippen LogP contribution in [0.5, 0.6) is 0 Å². The second kappa shape index (κ2) is 5.68. The number of hydrazine groups is 1. The molecule has 4 heteroatoms. The molecule has 0 fully saturated rings. The van der Waals surface area contributed by atoms with Crippen LogP contribution in [-0.4, -0.2) is 9.78 Å². The highest BCUT2D eigenvalue weighted by atomic mass is 15.3. The summed E-state index contributed by atoms with van der Waals surface area (Å²) in [6, 6.07) is 16.8. The average Bonchev–Trinajstić information content (AvgIpc) is 2.83. The molecule has 3 N–H and O–H groups in total. The lowest BCUT2D eigenvalue weighted by molar-refractivity contribution is 0.543. The molecule has 108 valence electrons. The van der Waals surface area contributed by atoms with Gasteiger partial charge in [-0.2, -0.15) is 5.10 Å². The van der Waals surface area contributed by atoms with Crippen molar-refractivity contribution in [2.75, 3.05) is 0 Å². The molecule has 3 aromatic rings. The third-order valence-electron chi connectivity index (χ3n) is 3.91. The zero-order chi connectivity index (χ0) is 14.8. The number of nitrogens with one attached hydrogen (secondary N) is 1. The van der Waals surface area contributed by atoms with E-state index in [0.717, 1.165) is 17.6 Å². The maximum absolute atomic E-state index is 5.76. The molecule has 0 bridgehead atoms. The first kappa shape index (κ1) is 13.8. The van der Waals surface area contributed by atoms with Gasteiger partial charge in [0.2, 0.25) is 0 Å². The van der Waals surface area contributed by atoms with Gasteiger partial charge in [-0.25, -0.2) is 0 Å². The molecular formula is C17H20N4. The maximum Gasteiger partial charge on any atom is 0.0722 e. The van der Waals surface area contributed by atoms with Gasteiger partial charge in [0.1, 0.15) is 0 Å². The van der Waals surface area contributed by atoms with Gasteiger partial charge in [-0.15, -0.1) is 0 Å². The van der Waals surface area contributed by atoms with Crippen molar-refractivity contribution in [2.24, 2.45) is 12.9 Å². The Morgan fingerprint density at radius 1 is 1.14 bits per heavy atom. The van der Waals surface area contributed by atoms with E-state index in [1.807, 2.05) is 23.9 Å². The number of benzene rings is 2. The molecule has 21 heavy (non-hydrogen) atoms. The van der Waals surface area contributed by atoms with Crippen LogP contribution in [0, 0.1) is 6.92 Å². The molecule has 4 nitrogen and oxygen atoms in total. The Balaban J connectivity index is 1.94. The summed E-state index contributed by atoms with van der Waals surface area (Å²) in [4.78, 5) is 0. The number of hydrogen-bond acceptors (Lipinski definition) is 3. The van der Waals surface area contributed by atoms with Crippen molar-refractivity contribution >= 4 is 10.9 Å². The molecular weight excluding hydrogens is 260 g/mol. The molecule has 2 aromatic carbocycles. The van der Waals surface area contributed by atoms with E-state index in [1.165, 1.54) is 16.5 Å². The summed E-state index contributed by atoms with van der Waals surface area (Å²) in [7, 11) is 1.97. The van der Waals surface area contributed by atoms with Gasteiger partial charge in [0.15, 0.2) is 0 Å². The third-order valence-corrected chi connectivity index (χ3v) is 3.91. The van der Waals surface area contributed by atoms with Crippen molar-refractivity contribution < 1.29 is 0 Å². The summed E-state index contributed by atoms with van der Waals surface area (Å²) in [6.07, 6.45) is 0.765. The lowest BCUT2D eigenvalue weighted by atomic mass is 10.00. The average molecular weight is 280 g/mol. The van der Waals surface area contributed by atoms with Crippen LogP contribution in [-0.2, 0) is 13.5 Å². The van der Waals surface area contributed by atoms with E-state index in [9.17, 15) is 0 Å². The second-order valence-corrected chi connectivity index (χ2v) is 5.42. The van der Waals surface area contributed by atoms with Gasteiger partial charge < -0.3 is 0 Å². The second-order valence-electron chi connectivity index (χ2n) is 5.42. The summed E-state index contributed by atoms with van der Waals surface area (Å²) in [5.74, 6) is 5.76. The largest absolute Gasteiger partial charge is 0.271 e. The molecule has 1 unspecified atom stereocenters. The number of rotatable bonds is 4. The van der Waals surface area contributed by atoms with Crippen LogP contribution in [0.15, 0.2) is 48.5 Å². The van der Waals surface area contributed by atoms with Crippen molar-refractivity contribution in [3.8, 4) is 0 Å². The Labute approximate surface area is 124 Å². The van der Waals surface area contributed by atoms with E-state index in [4.69, 9.17) is 5.84 Å². The number of nitrogens with zero attached hydrogens (tertiary/aromatic N) is 2. The molecule has 0 amide bonds. The van der Waals surface area contributed by atoms with Gasteiger partial charge in [0, 0.05) is 18.9 Å². The van der Waals surface area contributed by atoms with Crippen molar-refractivity contribution in [1.82, 2.24) is 15.2 Å². The quantitative estimate of drug-likeness (QED) is 0.570. The van der Waals surface area contributed by atoms with Crippen LogP contribution in [0.25, 0.3) is 10.9 Å². The van der Waals surface area contributed by atoms with Crippen molar-refractivity contribution in [3.05, 3.63) is 65.4 Å².